The van der Waals surface area contributed by atoms with Crippen LogP contribution in [0.1, 0.15) is 22.8 Å². The SMILES string of the molecule is Cc1cccc(C(O)CNC(Cc2ccncc2)C(F)(F)F)c1. The molecule has 2 N–H and O–H groups in total. The number of pyridine rings is 1. The van der Waals surface area contributed by atoms with E-state index in [1.807, 2.05) is 13.0 Å². The molecule has 0 aliphatic heterocycles. The van der Waals surface area contributed by atoms with Gasteiger partial charge in [-0.2, -0.15) is 13.2 Å². The number of hydrogen-bond donors (Lipinski definition) is 2. The zero-order chi connectivity index (χ0) is 16.9. The summed E-state index contributed by atoms with van der Waals surface area (Å²) in [5.41, 5.74) is 2.09. The van der Waals surface area contributed by atoms with Gasteiger partial charge in [-0.3, -0.25) is 4.98 Å². The molecule has 0 aliphatic rings. The lowest BCUT2D eigenvalue weighted by molar-refractivity contribution is -0.156. The summed E-state index contributed by atoms with van der Waals surface area (Å²) in [6.07, 6.45) is -2.66. The number of hydrogen-bond acceptors (Lipinski definition) is 3. The number of aryl methyl sites for hydroxylation is 1. The summed E-state index contributed by atoms with van der Waals surface area (Å²) in [5.74, 6) is 0. The smallest absolute Gasteiger partial charge is 0.387 e. The van der Waals surface area contributed by atoms with Crippen LogP contribution in [0.5, 0.6) is 0 Å². The van der Waals surface area contributed by atoms with Gasteiger partial charge in [0.15, 0.2) is 0 Å². The van der Waals surface area contributed by atoms with Crippen LogP contribution in [-0.4, -0.2) is 28.9 Å². The third-order valence-corrected chi connectivity index (χ3v) is 3.57. The molecule has 1 aromatic heterocycles. The molecule has 1 heterocycles. The quantitative estimate of drug-likeness (QED) is 0.858. The van der Waals surface area contributed by atoms with Gasteiger partial charge in [0.1, 0.15) is 6.04 Å². The molecule has 2 atom stereocenters. The Morgan fingerprint density at radius 3 is 2.48 bits per heavy atom. The van der Waals surface area contributed by atoms with E-state index in [0.29, 0.717) is 11.1 Å². The first kappa shape index (κ1) is 17.4. The molecule has 0 aliphatic carbocycles. The minimum Gasteiger partial charge on any atom is -0.387 e. The van der Waals surface area contributed by atoms with Crippen molar-refractivity contribution in [1.29, 1.82) is 0 Å². The van der Waals surface area contributed by atoms with Gasteiger partial charge in [0, 0.05) is 18.9 Å². The Morgan fingerprint density at radius 2 is 1.87 bits per heavy atom. The predicted octanol–water partition coefficient (Wildman–Crippen LogP) is 3.19. The Balaban J connectivity index is 2.01. The number of rotatable bonds is 6. The summed E-state index contributed by atoms with van der Waals surface area (Å²) in [6.45, 7) is 1.70. The van der Waals surface area contributed by atoms with Gasteiger partial charge in [0.2, 0.25) is 0 Å². The number of aromatic nitrogens is 1. The summed E-state index contributed by atoms with van der Waals surface area (Å²) in [4.78, 5) is 3.80. The molecule has 2 aromatic rings. The average molecular weight is 324 g/mol. The molecule has 2 rings (SSSR count). The van der Waals surface area contributed by atoms with Crippen molar-refractivity contribution in [3.8, 4) is 0 Å². The van der Waals surface area contributed by atoms with E-state index in [2.05, 4.69) is 10.3 Å². The maximum absolute atomic E-state index is 13.2. The Bertz CT molecular complexity index is 617. The molecule has 0 saturated carbocycles. The molecule has 1 aromatic carbocycles. The van der Waals surface area contributed by atoms with E-state index in [4.69, 9.17) is 0 Å². The second-order valence-corrected chi connectivity index (χ2v) is 5.49. The fourth-order valence-corrected chi connectivity index (χ4v) is 2.31. The molecule has 6 heteroatoms. The number of nitrogens with one attached hydrogen (secondary N) is 1. The van der Waals surface area contributed by atoms with E-state index in [1.165, 1.54) is 12.4 Å². The Morgan fingerprint density at radius 1 is 1.17 bits per heavy atom. The Kier molecular flexibility index (Phi) is 5.74. The minimum absolute atomic E-state index is 0.168. The fourth-order valence-electron chi connectivity index (χ4n) is 2.31. The summed E-state index contributed by atoms with van der Waals surface area (Å²) >= 11 is 0. The van der Waals surface area contributed by atoms with Crippen LogP contribution in [0.3, 0.4) is 0 Å². The third kappa shape index (κ3) is 5.33. The molecule has 124 valence electrons. The average Bonchev–Trinajstić information content (AvgIpc) is 2.51. The topological polar surface area (TPSA) is 45.1 Å². The Hall–Kier alpha value is -1.92. The van der Waals surface area contributed by atoms with Gasteiger partial charge in [-0.1, -0.05) is 29.8 Å². The van der Waals surface area contributed by atoms with Crippen molar-refractivity contribution in [2.45, 2.75) is 31.7 Å². The largest absolute Gasteiger partial charge is 0.404 e. The maximum Gasteiger partial charge on any atom is 0.404 e. The molecule has 0 spiro atoms. The van der Waals surface area contributed by atoms with Crippen LogP contribution < -0.4 is 5.32 Å². The van der Waals surface area contributed by atoms with Gasteiger partial charge in [-0.05, 0) is 36.6 Å². The van der Waals surface area contributed by atoms with Crippen LogP contribution in [0.2, 0.25) is 0 Å². The highest BCUT2D eigenvalue weighted by Gasteiger charge is 2.39. The van der Waals surface area contributed by atoms with Crippen molar-refractivity contribution < 1.29 is 18.3 Å². The number of alkyl halides is 3. The first-order chi connectivity index (χ1) is 10.9. The van der Waals surface area contributed by atoms with Crippen molar-refractivity contribution in [2.24, 2.45) is 0 Å². The van der Waals surface area contributed by atoms with Gasteiger partial charge in [0.05, 0.1) is 6.10 Å². The molecular formula is C17H19F3N2O. The molecule has 23 heavy (non-hydrogen) atoms. The Labute approximate surface area is 133 Å². The maximum atomic E-state index is 13.2. The van der Waals surface area contributed by atoms with E-state index in [0.717, 1.165) is 5.56 Å². The molecule has 0 bridgehead atoms. The zero-order valence-corrected chi connectivity index (χ0v) is 12.7. The first-order valence-electron chi connectivity index (χ1n) is 7.30. The third-order valence-electron chi connectivity index (χ3n) is 3.57. The number of aliphatic hydroxyl groups is 1. The summed E-state index contributed by atoms with van der Waals surface area (Å²) in [5, 5.41) is 12.5. The summed E-state index contributed by atoms with van der Waals surface area (Å²) in [6, 6.07) is 8.49. The molecule has 0 amide bonds. The van der Waals surface area contributed by atoms with Crippen LogP contribution in [0.25, 0.3) is 0 Å². The van der Waals surface area contributed by atoms with Crippen LogP contribution in [-0.2, 0) is 6.42 Å². The van der Waals surface area contributed by atoms with E-state index in [9.17, 15) is 18.3 Å². The van der Waals surface area contributed by atoms with E-state index in [-0.39, 0.29) is 13.0 Å². The highest BCUT2D eigenvalue weighted by Crippen LogP contribution is 2.24. The van der Waals surface area contributed by atoms with Crippen molar-refractivity contribution in [1.82, 2.24) is 10.3 Å². The normalized spacial score (nSPS) is 14.5. The van der Waals surface area contributed by atoms with Crippen LogP contribution in [0.15, 0.2) is 48.8 Å². The zero-order valence-electron chi connectivity index (χ0n) is 12.7. The van der Waals surface area contributed by atoms with E-state index in [1.54, 1.807) is 30.3 Å². The first-order valence-corrected chi connectivity index (χ1v) is 7.30. The number of nitrogens with zero attached hydrogens (tertiary/aromatic N) is 1. The van der Waals surface area contributed by atoms with Crippen molar-refractivity contribution in [3.05, 3.63) is 65.5 Å². The summed E-state index contributed by atoms with van der Waals surface area (Å²) < 4.78 is 39.5. The molecule has 0 radical (unpaired) electrons. The predicted molar refractivity (Wildman–Crippen MR) is 81.9 cm³/mol. The van der Waals surface area contributed by atoms with Crippen LogP contribution in [0.4, 0.5) is 13.2 Å². The van der Waals surface area contributed by atoms with Crippen molar-refractivity contribution in [3.63, 3.8) is 0 Å². The lowest BCUT2D eigenvalue weighted by Crippen LogP contribution is -2.45. The van der Waals surface area contributed by atoms with E-state index >= 15 is 0 Å². The number of aliphatic hydroxyl groups excluding tert-OH is 1. The van der Waals surface area contributed by atoms with E-state index < -0.39 is 18.3 Å². The monoisotopic (exact) mass is 324 g/mol. The van der Waals surface area contributed by atoms with Gasteiger partial charge in [-0.25, -0.2) is 0 Å². The van der Waals surface area contributed by atoms with Gasteiger partial charge in [0.25, 0.3) is 0 Å². The van der Waals surface area contributed by atoms with Crippen molar-refractivity contribution >= 4 is 0 Å². The summed E-state index contributed by atoms with van der Waals surface area (Å²) in [7, 11) is 0. The standard InChI is InChI=1S/C17H19F3N2O/c1-12-3-2-4-14(9-12)15(23)11-22-16(17(18,19)20)10-13-5-7-21-8-6-13/h2-9,15-16,22-23H,10-11H2,1H3. The van der Waals surface area contributed by atoms with Gasteiger partial charge in [-0.15, -0.1) is 0 Å². The lowest BCUT2D eigenvalue weighted by atomic mass is 10.0. The minimum atomic E-state index is -4.39. The lowest BCUT2D eigenvalue weighted by Gasteiger charge is -2.23. The molecule has 0 fully saturated rings. The second kappa shape index (κ2) is 7.57. The number of halogens is 3. The van der Waals surface area contributed by atoms with Gasteiger partial charge < -0.3 is 10.4 Å². The van der Waals surface area contributed by atoms with Gasteiger partial charge >= 0.3 is 6.18 Å². The molecule has 2 unspecified atom stereocenters. The van der Waals surface area contributed by atoms with Crippen molar-refractivity contribution in [2.75, 3.05) is 6.54 Å². The van der Waals surface area contributed by atoms with Crippen LogP contribution >= 0.6 is 0 Å². The molecular weight excluding hydrogens is 305 g/mol. The molecule has 3 nitrogen and oxygen atoms in total. The highest BCUT2D eigenvalue weighted by atomic mass is 19.4. The fraction of sp³-hybridized carbons (Fsp3) is 0.353. The van der Waals surface area contributed by atoms with Crippen LogP contribution in [0, 0.1) is 6.92 Å². The highest BCUT2D eigenvalue weighted by molar-refractivity contribution is 5.24. The molecule has 0 saturated heterocycles. The second-order valence-electron chi connectivity index (χ2n) is 5.49. The number of benzene rings is 1.